The zero-order valence-electron chi connectivity index (χ0n) is 17.2. The Hall–Kier alpha value is -2.62. The molecule has 0 aliphatic heterocycles. The first-order valence-corrected chi connectivity index (χ1v) is 10.1. The van der Waals surface area contributed by atoms with Crippen molar-refractivity contribution in [2.24, 2.45) is 5.41 Å². The van der Waals surface area contributed by atoms with Gasteiger partial charge in [-0.15, -0.1) is 0 Å². The Morgan fingerprint density at radius 1 is 0.964 bits per heavy atom. The van der Waals surface area contributed by atoms with Gasteiger partial charge in [-0.25, -0.2) is 0 Å². The van der Waals surface area contributed by atoms with Crippen LogP contribution in [0.25, 0.3) is 0 Å². The molecule has 1 aliphatic rings. The molecule has 0 saturated heterocycles. The maximum absolute atomic E-state index is 13.4. The Morgan fingerprint density at radius 3 is 2.14 bits per heavy atom. The lowest BCUT2D eigenvalue weighted by molar-refractivity contribution is -0.144. The summed E-state index contributed by atoms with van der Waals surface area (Å²) in [6, 6.07) is 17.8. The highest BCUT2D eigenvalue weighted by Crippen LogP contribution is 2.49. The molecule has 1 aliphatic carbocycles. The van der Waals surface area contributed by atoms with Crippen molar-refractivity contribution in [3.8, 4) is 0 Å². The lowest BCUT2D eigenvalue weighted by Crippen LogP contribution is -2.45. The summed E-state index contributed by atoms with van der Waals surface area (Å²) in [5.74, 6) is 0.0581. The zero-order chi connectivity index (χ0) is 20.3. The molecule has 0 atom stereocenters. The minimum absolute atomic E-state index is 0.0286. The molecule has 0 heterocycles. The summed E-state index contributed by atoms with van der Waals surface area (Å²) < 4.78 is 0. The van der Waals surface area contributed by atoms with Gasteiger partial charge < -0.3 is 10.2 Å². The lowest BCUT2D eigenvalue weighted by atomic mass is 9.99. The van der Waals surface area contributed by atoms with Crippen LogP contribution >= 0.6 is 0 Å². The van der Waals surface area contributed by atoms with Crippen LogP contribution in [0.4, 0.5) is 5.69 Å². The Morgan fingerprint density at radius 2 is 1.57 bits per heavy atom. The van der Waals surface area contributed by atoms with Crippen LogP contribution in [0, 0.1) is 5.41 Å². The average Bonchev–Trinajstić information content (AvgIpc) is 3.48. The van der Waals surface area contributed by atoms with E-state index in [0.717, 1.165) is 16.8 Å². The van der Waals surface area contributed by atoms with Gasteiger partial charge in [-0.3, -0.25) is 9.59 Å². The highest BCUT2D eigenvalue weighted by Gasteiger charge is 2.58. The van der Waals surface area contributed by atoms with E-state index in [9.17, 15) is 9.59 Å². The molecule has 1 N–H and O–H groups in total. The van der Waals surface area contributed by atoms with E-state index in [4.69, 9.17) is 0 Å². The molecule has 3 rings (SSSR count). The molecule has 148 valence electrons. The van der Waals surface area contributed by atoms with Gasteiger partial charge in [0, 0.05) is 18.3 Å². The van der Waals surface area contributed by atoms with Crippen LogP contribution in [-0.2, 0) is 16.1 Å². The van der Waals surface area contributed by atoms with Gasteiger partial charge in [-0.05, 0) is 49.8 Å². The normalized spacial score (nSPS) is 14.8. The first-order valence-electron chi connectivity index (χ1n) is 10.1. The maximum Gasteiger partial charge on any atom is 0.240 e. The number of rotatable bonds is 7. The lowest BCUT2D eigenvalue weighted by Gasteiger charge is -2.30. The van der Waals surface area contributed by atoms with Gasteiger partial charge in [-0.2, -0.15) is 0 Å². The van der Waals surface area contributed by atoms with E-state index in [1.54, 1.807) is 0 Å². The molecule has 0 radical (unpaired) electrons. The molecule has 2 aromatic carbocycles. The predicted molar refractivity (Wildman–Crippen MR) is 113 cm³/mol. The van der Waals surface area contributed by atoms with Crippen molar-refractivity contribution in [1.82, 2.24) is 4.90 Å². The minimum Gasteiger partial charge on any atom is -0.335 e. The molecule has 2 amide bonds. The number of anilines is 1. The summed E-state index contributed by atoms with van der Waals surface area (Å²) >= 11 is 0. The molecule has 0 spiro atoms. The topological polar surface area (TPSA) is 49.4 Å². The Kier molecular flexibility index (Phi) is 5.87. The Balaban J connectivity index is 1.79. The Bertz CT molecular complexity index is 839. The molecule has 0 unspecified atom stereocenters. The number of benzene rings is 2. The second-order valence-electron chi connectivity index (χ2n) is 8.29. The van der Waals surface area contributed by atoms with Crippen LogP contribution in [0.1, 0.15) is 57.6 Å². The third kappa shape index (κ3) is 4.11. The number of amides is 2. The zero-order valence-corrected chi connectivity index (χ0v) is 17.2. The van der Waals surface area contributed by atoms with E-state index in [1.165, 1.54) is 0 Å². The number of hydrogen-bond donors (Lipinski definition) is 1. The van der Waals surface area contributed by atoms with Gasteiger partial charge in [0.2, 0.25) is 11.8 Å². The van der Waals surface area contributed by atoms with E-state index in [-0.39, 0.29) is 17.9 Å². The summed E-state index contributed by atoms with van der Waals surface area (Å²) in [6.07, 6.45) is 1.22. The molecule has 1 saturated carbocycles. The van der Waals surface area contributed by atoms with Crippen molar-refractivity contribution in [3.63, 3.8) is 0 Å². The van der Waals surface area contributed by atoms with Gasteiger partial charge in [0.25, 0.3) is 0 Å². The number of para-hydroxylation sites is 1. The van der Waals surface area contributed by atoms with Gasteiger partial charge in [-0.1, -0.05) is 62.4 Å². The number of nitrogens with one attached hydrogen (secondary N) is 1. The van der Waals surface area contributed by atoms with Crippen molar-refractivity contribution in [1.29, 1.82) is 0 Å². The quantitative estimate of drug-likeness (QED) is 0.692. The second kappa shape index (κ2) is 8.17. The van der Waals surface area contributed by atoms with Gasteiger partial charge in [0.05, 0.1) is 0 Å². The molecular weight excluding hydrogens is 348 g/mol. The predicted octanol–water partition coefficient (Wildman–Crippen LogP) is 4.97. The highest BCUT2D eigenvalue weighted by atomic mass is 16.2. The van der Waals surface area contributed by atoms with E-state index in [0.29, 0.717) is 25.3 Å². The monoisotopic (exact) mass is 378 g/mol. The van der Waals surface area contributed by atoms with Crippen molar-refractivity contribution in [3.05, 3.63) is 65.7 Å². The van der Waals surface area contributed by atoms with Gasteiger partial charge in [0.1, 0.15) is 5.41 Å². The maximum atomic E-state index is 13.4. The standard InChI is InChI=1S/C24H30N2O2/c1-17(2)20-12-8-9-13-21(20)25-22(27)24(14-15-24)23(28)26(18(3)4)16-19-10-6-5-7-11-19/h5-13,17-18H,14-16H2,1-4H3,(H,25,27). The van der Waals surface area contributed by atoms with E-state index in [1.807, 2.05) is 73.3 Å². The summed E-state index contributed by atoms with van der Waals surface area (Å²) in [7, 11) is 0. The highest BCUT2D eigenvalue weighted by molar-refractivity contribution is 6.13. The molecule has 0 aromatic heterocycles. The SMILES string of the molecule is CC(C)c1ccccc1NC(=O)C1(C(=O)N(Cc2ccccc2)C(C)C)CC1. The van der Waals surface area contributed by atoms with E-state index in [2.05, 4.69) is 19.2 Å². The molecule has 4 heteroatoms. The van der Waals surface area contributed by atoms with Crippen LogP contribution < -0.4 is 5.32 Å². The fourth-order valence-corrected chi connectivity index (χ4v) is 3.56. The number of carbonyl (C=O) groups excluding carboxylic acids is 2. The largest absolute Gasteiger partial charge is 0.335 e. The van der Waals surface area contributed by atoms with Crippen LogP contribution in [0.5, 0.6) is 0 Å². The van der Waals surface area contributed by atoms with Crippen LogP contribution in [0.3, 0.4) is 0 Å². The molecule has 1 fully saturated rings. The number of hydrogen-bond acceptors (Lipinski definition) is 2. The summed E-state index contributed by atoms with van der Waals surface area (Å²) in [6.45, 7) is 8.73. The second-order valence-corrected chi connectivity index (χ2v) is 8.29. The third-order valence-electron chi connectivity index (χ3n) is 5.50. The number of nitrogens with zero attached hydrogens (tertiary/aromatic N) is 1. The van der Waals surface area contributed by atoms with Crippen LogP contribution in [-0.4, -0.2) is 22.8 Å². The van der Waals surface area contributed by atoms with Crippen molar-refractivity contribution >= 4 is 17.5 Å². The van der Waals surface area contributed by atoms with Crippen LogP contribution in [0.2, 0.25) is 0 Å². The summed E-state index contributed by atoms with van der Waals surface area (Å²) in [4.78, 5) is 28.4. The average molecular weight is 379 g/mol. The number of carbonyl (C=O) groups is 2. The van der Waals surface area contributed by atoms with Crippen molar-refractivity contribution in [2.75, 3.05) is 5.32 Å². The van der Waals surface area contributed by atoms with Crippen molar-refractivity contribution in [2.45, 2.75) is 59.0 Å². The molecule has 2 aromatic rings. The molecule has 4 nitrogen and oxygen atoms in total. The van der Waals surface area contributed by atoms with E-state index >= 15 is 0 Å². The van der Waals surface area contributed by atoms with Gasteiger partial charge in [0.15, 0.2) is 0 Å². The molecular formula is C24H30N2O2. The van der Waals surface area contributed by atoms with Gasteiger partial charge >= 0.3 is 0 Å². The van der Waals surface area contributed by atoms with E-state index < -0.39 is 5.41 Å². The first kappa shape index (κ1) is 20.1. The summed E-state index contributed by atoms with van der Waals surface area (Å²) in [5.41, 5.74) is 2.04. The smallest absolute Gasteiger partial charge is 0.240 e. The fourth-order valence-electron chi connectivity index (χ4n) is 3.56. The molecule has 28 heavy (non-hydrogen) atoms. The Labute approximate surface area is 167 Å². The third-order valence-corrected chi connectivity index (χ3v) is 5.50. The van der Waals surface area contributed by atoms with Crippen molar-refractivity contribution < 1.29 is 9.59 Å². The summed E-state index contributed by atoms with van der Waals surface area (Å²) in [5, 5.41) is 3.05. The minimum atomic E-state index is -0.927. The van der Waals surface area contributed by atoms with Crippen LogP contribution in [0.15, 0.2) is 54.6 Å². The fraction of sp³-hybridized carbons (Fsp3) is 0.417. The first-order chi connectivity index (χ1) is 13.3. The molecule has 0 bridgehead atoms.